The molecule has 4 rings (SSSR count). The molecule has 0 spiro atoms. The molecule has 0 aliphatic carbocycles. The Hall–Kier alpha value is -3.58. The molecule has 4 aromatic rings. The number of primary amides is 1. The summed E-state index contributed by atoms with van der Waals surface area (Å²) < 4.78 is 5.99. The van der Waals surface area contributed by atoms with E-state index < -0.39 is 5.91 Å². The maximum atomic E-state index is 11.7. The van der Waals surface area contributed by atoms with E-state index in [1.807, 2.05) is 35.7 Å². The quantitative estimate of drug-likeness (QED) is 0.375. The van der Waals surface area contributed by atoms with Crippen molar-refractivity contribution in [3.8, 4) is 16.9 Å². The highest BCUT2D eigenvalue weighted by Crippen LogP contribution is 2.34. The number of aromatic amines is 1. The molecule has 146 valence electrons. The second-order valence-corrected chi connectivity index (χ2v) is 7.40. The molecule has 2 aromatic heterocycles. The molecule has 0 radical (unpaired) electrons. The van der Waals surface area contributed by atoms with E-state index in [4.69, 9.17) is 10.5 Å². The number of benzene rings is 2. The van der Waals surface area contributed by atoms with Gasteiger partial charge in [0.05, 0.1) is 11.1 Å². The number of carbonyl (C=O) groups is 1. The number of nitrogens with one attached hydrogen (secondary N) is 2. The van der Waals surface area contributed by atoms with Crippen LogP contribution in [0.4, 0.5) is 5.69 Å². The molecule has 2 heterocycles. The zero-order chi connectivity index (χ0) is 20.2. The fraction of sp³-hybridized carbons (Fsp3) is 0.0909. The number of H-pyrrole nitrogens is 1. The molecule has 0 bridgehead atoms. The van der Waals surface area contributed by atoms with Crippen LogP contribution >= 0.6 is 11.3 Å². The van der Waals surface area contributed by atoms with E-state index in [0.29, 0.717) is 18.7 Å². The molecule has 1 amide bonds. The number of hydrogen-bond donors (Lipinski definition) is 3. The molecule has 0 saturated carbocycles. The van der Waals surface area contributed by atoms with E-state index in [0.717, 1.165) is 38.5 Å². The van der Waals surface area contributed by atoms with Crippen molar-refractivity contribution in [3.63, 3.8) is 0 Å². The third kappa shape index (κ3) is 4.00. The Labute approximate surface area is 172 Å². The Balaban J connectivity index is 1.76. The molecular formula is C22H20N4O2S. The number of carbonyl (C=O) groups excluding carboxylic acids is 1. The normalized spacial score (nSPS) is 10.8. The average molecular weight is 404 g/mol. The fourth-order valence-electron chi connectivity index (χ4n) is 3.21. The van der Waals surface area contributed by atoms with Gasteiger partial charge in [0.25, 0.3) is 5.91 Å². The van der Waals surface area contributed by atoms with Crippen molar-refractivity contribution in [2.75, 3.05) is 11.9 Å². The summed E-state index contributed by atoms with van der Waals surface area (Å²) in [7, 11) is 0. The first-order valence-electron chi connectivity index (χ1n) is 9.07. The van der Waals surface area contributed by atoms with Crippen molar-refractivity contribution < 1.29 is 9.53 Å². The fourth-order valence-corrected chi connectivity index (χ4v) is 3.74. The lowest BCUT2D eigenvalue weighted by atomic mass is 9.98. The van der Waals surface area contributed by atoms with Crippen LogP contribution in [0.3, 0.4) is 0 Å². The van der Waals surface area contributed by atoms with Gasteiger partial charge < -0.3 is 20.8 Å². The third-order valence-electron chi connectivity index (χ3n) is 4.50. The van der Waals surface area contributed by atoms with Gasteiger partial charge in [0, 0.05) is 41.5 Å². The molecule has 2 aromatic carbocycles. The maximum absolute atomic E-state index is 11.7. The van der Waals surface area contributed by atoms with Gasteiger partial charge in [0.15, 0.2) is 0 Å². The van der Waals surface area contributed by atoms with Crippen molar-refractivity contribution in [1.82, 2.24) is 9.97 Å². The van der Waals surface area contributed by atoms with Gasteiger partial charge in [-0.1, -0.05) is 12.1 Å². The highest BCUT2D eigenvalue weighted by Gasteiger charge is 2.14. The Morgan fingerprint density at radius 3 is 2.97 bits per heavy atom. The first kappa shape index (κ1) is 18.8. The molecule has 4 N–H and O–H groups in total. The molecule has 7 heteroatoms. The van der Waals surface area contributed by atoms with Crippen molar-refractivity contribution >= 4 is 33.8 Å². The lowest BCUT2D eigenvalue weighted by Gasteiger charge is -2.13. The summed E-state index contributed by atoms with van der Waals surface area (Å²) in [5.74, 6) is 0.268. The molecule has 0 saturated heterocycles. The molecule has 29 heavy (non-hydrogen) atoms. The average Bonchev–Trinajstić information content (AvgIpc) is 3.41. The SMILES string of the molecule is C=CCNc1cc(OCc2nccs2)cc(-c2ccc(C(N)=O)c3[nH]ccc23)c1. The van der Waals surface area contributed by atoms with Crippen LogP contribution in [0.25, 0.3) is 22.0 Å². The van der Waals surface area contributed by atoms with Crippen LogP contribution in [-0.4, -0.2) is 22.4 Å². The Kier molecular flexibility index (Phi) is 5.31. The molecule has 0 atom stereocenters. The summed E-state index contributed by atoms with van der Waals surface area (Å²) in [6.45, 7) is 4.80. The minimum atomic E-state index is -0.460. The van der Waals surface area contributed by atoms with E-state index in [9.17, 15) is 4.79 Å². The van der Waals surface area contributed by atoms with Gasteiger partial charge in [-0.3, -0.25) is 4.79 Å². The summed E-state index contributed by atoms with van der Waals surface area (Å²) in [5.41, 5.74) is 9.57. The number of anilines is 1. The second kappa shape index (κ2) is 8.20. The predicted molar refractivity (Wildman–Crippen MR) is 117 cm³/mol. The number of thiazole rings is 1. The van der Waals surface area contributed by atoms with Crippen molar-refractivity contribution in [1.29, 1.82) is 0 Å². The first-order chi connectivity index (χ1) is 14.2. The smallest absolute Gasteiger partial charge is 0.250 e. The van der Waals surface area contributed by atoms with Crippen LogP contribution in [0.2, 0.25) is 0 Å². The Bertz CT molecular complexity index is 1170. The van der Waals surface area contributed by atoms with Crippen LogP contribution in [0.15, 0.2) is 66.8 Å². The lowest BCUT2D eigenvalue weighted by Crippen LogP contribution is -2.11. The number of fused-ring (bicyclic) bond motifs is 1. The minimum Gasteiger partial charge on any atom is -0.486 e. The second-order valence-electron chi connectivity index (χ2n) is 6.42. The molecule has 6 nitrogen and oxygen atoms in total. The standard InChI is InChI=1S/C22H20N4O2S/c1-2-6-24-15-10-14(11-16(12-15)28-13-20-25-8-9-29-20)17-3-4-19(22(23)27)21-18(17)5-7-26-21/h2-5,7-12,24,26H,1,6,13H2,(H2,23,27). The van der Waals surface area contributed by atoms with E-state index >= 15 is 0 Å². The number of ether oxygens (including phenoxy) is 1. The van der Waals surface area contributed by atoms with Gasteiger partial charge in [0.1, 0.15) is 17.4 Å². The monoisotopic (exact) mass is 404 g/mol. The van der Waals surface area contributed by atoms with E-state index in [2.05, 4.69) is 21.9 Å². The largest absolute Gasteiger partial charge is 0.486 e. The maximum Gasteiger partial charge on any atom is 0.250 e. The Morgan fingerprint density at radius 2 is 2.21 bits per heavy atom. The highest BCUT2D eigenvalue weighted by molar-refractivity contribution is 7.09. The van der Waals surface area contributed by atoms with Gasteiger partial charge >= 0.3 is 0 Å². The van der Waals surface area contributed by atoms with Crippen LogP contribution < -0.4 is 15.8 Å². The summed E-state index contributed by atoms with van der Waals surface area (Å²) in [5, 5.41) is 7.08. The number of aromatic nitrogens is 2. The van der Waals surface area contributed by atoms with Crippen LogP contribution in [0, 0.1) is 0 Å². The van der Waals surface area contributed by atoms with Crippen LogP contribution in [0.1, 0.15) is 15.4 Å². The summed E-state index contributed by atoms with van der Waals surface area (Å²) in [4.78, 5) is 19.1. The Morgan fingerprint density at radius 1 is 1.31 bits per heavy atom. The zero-order valence-corrected chi connectivity index (χ0v) is 16.5. The molecule has 0 unspecified atom stereocenters. The minimum absolute atomic E-state index is 0.405. The van der Waals surface area contributed by atoms with Gasteiger partial charge in [-0.2, -0.15) is 0 Å². The predicted octanol–water partition coefficient (Wildman–Crippen LogP) is 4.57. The number of hydrogen-bond acceptors (Lipinski definition) is 5. The summed E-state index contributed by atoms with van der Waals surface area (Å²) in [6.07, 6.45) is 5.37. The summed E-state index contributed by atoms with van der Waals surface area (Å²) >= 11 is 1.56. The molecule has 0 fully saturated rings. The van der Waals surface area contributed by atoms with Crippen molar-refractivity contribution in [3.05, 3.63) is 77.4 Å². The first-order valence-corrected chi connectivity index (χ1v) is 9.95. The van der Waals surface area contributed by atoms with Crippen molar-refractivity contribution in [2.45, 2.75) is 6.61 Å². The van der Waals surface area contributed by atoms with E-state index in [1.54, 1.807) is 35.9 Å². The highest BCUT2D eigenvalue weighted by atomic mass is 32.1. The van der Waals surface area contributed by atoms with Gasteiger partial charge in [-0.15, -0.1) is 17.9 Å². The lowest BCUT2D eigenvalue weighted by molar-refractivity contribution is 0.100. The van der Waals surface area contributed by atoms with Gasteiger partial charge in [0.2, 0.25) is 0 Å². The third-order valence-corrected chi connectivity index (χ3v) is 5.26. The molecular weight excluding hydrogens is 384 g/mol. The number of rotatable bonds is 8. The van der Waals surface area contributed by atoms with Gasteiger partial charge in [-0.25, -0.2) is 4.98 Å². The van der Waals surface area contributed by atoms with Crippen molar-refractivity contribution in [2.24, 2.45) is 5.73 Å². The van der Waals surface area contributed by atoms with E-state index in [-0.39, 0.29) is 0 Å². The van der Waals surface area contributed by atoms with E-state index in [1.165, 1.54) is 0 Å². The van der Waals surface area contributed by atoms with Gasteiger partial charge in [-0.05, 0) is 35.4 Å². The van der Waals surface area contributed by atoms with Crippen LogP contribution in [0.5, 0.6) is 5.75 Å². The number of nitrogens with zero attached hydrogens (tertiary/aromatic N) is 1. The summed E-state index contributed by atoms with van der Waals surface area (Å²) in [6, 6.07) is 11.6. The molecule has 0 aliphatic rings. The number of amides is 1. The van der Waals surface area contributed by atoms with Crippen LogP contribution in [-0.2, 0) is 6.61 Å². The topological polar surface area (TPSA) is 93.0 Å². The zero-order valence-electron chi connectivity index (χ0n) is 15.6. The number of nitrogens with two attached hydrogens (primary N) is 1. The molecule has 0 aliphatic heterocycles.